The third-order valence-electron chi connectivity index (χ3n) is 3.82. The standard InChI is InChI=1S/C14H22O6S2/c1-13(2)15-6-7(18-13)8-9-10(20-14(3,4)19-9)11(16-8)17-12(21)22-5/h7-11H,6H2,1-5H3/t7-,8+,9+,10-,11?/m0/s1. The first kappa shape index (κ1) is 16.9. The van der Waals surface area contributed by atoms with Crippen LogP contribution in [0.2, 0.25) is 0 Å². The number of ether oxygens (including phenoxy) is 6. The van der Waals surface area contributed by atoms with E-state index in [4.69, 9.17) is 40.6 Å². The Morgan fingerprint density at radius 2 is 1.73 bits per heavy atom. The first-order valence-electron chi connectivity index (χ1n) is 7.28. The van der Waals surface area contributed by atoms with Crippen LogP contribution in [0.4, 0.5) is 0 Å². The molecule has 3 aliphatic heterocycles. The molecule has 0 N–H and O–H groups in total. The average Bonchev–Trinajstić information content (AvgIpc) is 3.01. The SMILES string of the molecule is CSC(=S)OC1O[C@H]([C@@H]2COC(C)(C)O2)[C@H]2OC(C)(C)O[C@H]12. The molecule has 1 unspecified atom stereocenters. The molecule has 0 spiro atoms. The molecule has 0 aromatic carbocycles. The molecule has 0 radical (unpaired) electrons. The Balaban J connectivity index is 1.75. The maximum Gasteiger partial charge on any atom is 0.231 e. The molecular formula is C14H22O6S2. The van der Waals surface area contributed by atoms with E-state index in [9.17, 15) is 0 Å². The van der Waals surface area contributed by atoms with Crippen LogP contribution < -0.4 is 0 Å². The number of hydrogen-bond acceptors (Lipinski definition) is 8. The van der Waals surface area contributed by atoms with E-state index in [1.165, 1.54) is 11.8 Å². The third-order valence-corrected chi connectivity index (χ3v) is 4.85. The van der Waals surface area contributed by atoms with E-state index in [2.05, 4.69) is 0 Å². The summed E-state index contributed by atoms with van der Waals surface area (Å²) in [6.07, 6.45) is 0.117. The summed E-state index contributed by atoms with van der Waals surface area (Å²) in [4.78, 5) is 0. The number of fused-ring (bicyclic) bond motifs is 1. The topological polar surface area (TPSA) is 55.4 Å². The molecule has 0 aliphatic carbocycles. The van der Waals surface area contributed by atoms with Gasteiger partial charge in [0.2, 0.25) is 10.7 Å². The molecule has 5 atom stereocenters. The Morgan fingerprint density at radius 1 is 1.05 bits per heavy atom. The van der Waals surface area contributed by atoms with Gasteiger partial charge in [0, 0.05) is 0 Å². The fraction of sp³-hybridized carbons (Fsp3) is 0.929. The molecule has 0 amide bonds. The molecule has 22 heavy (non-hydrogen) atoms. The van der Waals surface area contributed by atoms with Gasteiger partial charge in [0.15, 0.2) is 17.7 Å². The molecule has 0 aromatic heterocycles. The smallest absolute Gasteiger partial charge is 0.231 e. The largest absolute Gasteiger partial charge is 0.446 e. The predicted molar refractivity (Wildman–Crippen MR) is 84.6 cm³/mol. The second-order valence-corrected chi connectivity index (χ2v) is 7.88. The van der Waals surface area contributed by atoms with Gasteiger partial charge >= 0.3 is 0 Å². The van der Waals surface area contributed by atoms with Crippen LogP contribution in [0, 0.1) is 0 Å². The Bertz CT molecular complexity index is 455. The Labute approximate surface area is 140 Å². The normalized spacial score (nSPS) is 42.3. The highest BCUT2D eigenvalue weighted by atomic mass is 32.2. The molecule has 8 heteroatoms. The van der Waals surface area contributed by atoms with Crippen LogP contribution >= 0.6 is 24.0 Å². The summed E-state index contributed by atoms with van der Waals surface area (Å²) in [6, 6.07) is 0. The van der Waals surface area contributed by atoms with E-state index >= 15 is 0 Å². The van der Waals surface area contributed by atoms with Gasteiger partial charge in [0.05, 0.1) is 6.61 Å². The van der Waals surface area contributed by atoms with Crippen LogP contribution in [-0.2, 0) is 28.4 Å². The lowest BCUT2D eigenvalue weighted by atomic mass is 10.1. The zero-order chi connectivity index (χ0) is 16.1. The van der Waals surface area contributed by atoms with Crippen LogP contribution in [0.5, 0.6) is 0 Å². The first-order chi connectivity index (χ1) is 10.2. The summed E-state index contributed by atoms with van der Waals surface area (Å²) in [7, 11) is 0. The first-order valence-corrected chi connectivity index (χ1v) is 8.91. The van der Waals surface area contributed by atoms with Crippen molar-refractivity contribution in [2.24, 2.45) is 0 Å². The van der Waals surface area contributed by atoms with Gasteiger partial charge in [-0.1, -0.05) is 11.8 Å². The van der Waals surface area contributed by atoms with Gasteiger partial charge in [-0.2, -0.15) is 0 Å². The fourth-order valence-corrected chi connectivity index (χ4v) is 3.29. The van der Waals surface area contributed by atoms with Crippen molar-refractivity contribution in [2.75, 3.05) is 12.9 Å². The lowest BCUT2D eigenvalue weighted by molar-refractivity contribution is -0.231. The number of thioether (sulfide) groups is 1. The molecule has 3 saturated heterocycles. The Kier molecular flexibility index (Phi) is 4.48. The number of rotatable bonds is 2. The highest BCUT2D eigenvalue weighted by Crippen LogP contribution is 2.42. The zero-order valence-electron chi connectivity index (χ0n) is 13.4. The van der Waals surface area contributed by atoms with E-state index in [-0.39, 0.29) is 24.4 Å². The van der Waals surface area contributed by atoms with Crippen LogP contribution in [0.15, 0.2) is 0 Å². The fourth-order valence-electron chi connectivity index (χ4n) is 3.01. The molecule has 0 bridgehead atoms. The monoisotopic (exact) mass is 350 g/mol. The lowest BCUT2D eigenvalue weighted by Gasteiger charge is -2.26. The van der Waals surface area contributed by atoms with Crippen molar-refractivity contribution in [2.45, 2.75) is 70.0 Å². The van der Waals surface area contributed by atoms with Gasteiger partial charge in [-0.3, -0.25) is 0 Å². The zero-order valence-corrected chi connectivity index (χ0v) is 15.0. The Hall–Kier alpha value is 0.0400. The van der Waals surface area contributed by atoms with Crippen LogP contribution in [-0.4, -0.2) is 59.5 Å². The summed E-state index contributed by atoms with van der Waals surface area (Å²) in [5.74, 6) is -1.30. The van der Waals surface area contributed by atoms with Crippen molar-refractivity contribution in [1.82, 2.24) is 0 Å². The Morgan fingerprint density at radius 3 is 2.32 bits per heavy atom. The van der Waals surface area contributed by atoms with E-state index in [1.807, 2.05) is 34.0 Å². The van der Waals surface area contributed by atoms with Crippen molar-refractivity contribution in [3.8, 4) is 0 Å². The van der Waals surface area contributed by atoms with E-state index in [0.717, 1.165) is 0 Å². The minimum absolute atomic E-state index is 0.226. The lowest BCUT2D eigenvalue weighted by Crippen LogP contribution is -2.40. The average molecular weight is 350 g/mol. The molecule has 0 aromatic rings. The molecular weight excluding hydrogens is 328 g/mol. The molecule has 6 nitrogen and oxygen atoms in total. The summed E-state index contributed by atoms with van der Waals surface area (Å²) in [5, 5.41) is 0. The van der Waals surface area contributed by atoms with Gasteiger partial charge in [-0.15, -0.1) is 0 Å². The van der Waals surface area contributed by atoms with Crippen molar-refractivity contribution < 1.29 is 28.4 Å². The molecule has 0 saturated carbocycles. The minimum atomic E-state index is -0.686. The quantitative estimate of drug-likeness (QED) is 0.702. The second-order valence-electron chi connectivity index (χ2n) is 6.47. The van der Waals surface area contributed by atoms with Crippen molar-refractivity contribution in [3.63, 3.8) is 0 Å². The van der Waals surface area contributed by atoms with Crippen LogP contribution in [0.3, 0.4) is 0 Å². The van der Waals surface area contributed by atoms with Crippen LogP contribution in [0.1, 0.15) is 27.7 Å². The maximum absolute atomic E-state index is 6.00. The van der Waals surface area contributed by atoms with E-state index in [0.29, 0.717) is 11.0 Å². The third kappa shape index (κ3) is 3.28. The van der Waals surface area contributed by atoms with E-state index in [1.54, 1.807) is 0 Å². The van der Waals surface area contributed by atoms with Gasteiger partial charge in [-0.05, 0) is 46.2 Å². The summed E-state index contributed by atoms with van der Waals surface area (Å²) < 4.78 is 35.6. The summed E-state index contributed by atoms with van der Waals surface area (Å²) in [5.41, 5.74) is 0. The van der Waals surface area contributed by atoms with Gasteiger partial charge in [0.1, 0.15) is 18.3 Å². The van der Waals surface area contributed by atoms with Crippen LogP contribution in [0.25, 0.3) is 0 Å². The molecule has 3 rings (SSSR count). The molecule has 3 aliphatic rings. The van der Waals surface area contributed by atoms with Crippen molar-refractivity contribution >= 4 is 28.4 Å². The second kappa shape index (κ2) is 5.84. The summed E-state index contributed by atoms with van der Waals surface area (Å²) in [6.45, 7) is 7.97. The highest BCUT2D eigenvalue weighted by molar-refractivity contribution is 8.22. The van der Waals surface area contributed by atoms with Gasteiger partial charge in [0.25, 0.3) is 0 Å². The molecule has 3 heterocycles. The number of hydrogen-bond donors (Lipinski definition) is 0. The molecule has 126 valence electrons. The van der Waals surface area contributed by atoms with Crippen molar-refractivity contribution in [3.05, 3.63) is 0 Å². The van der Waals surface area contributed by atoms with Crippen molar-refractivity contribution in [1.29, 1.82) is 0 Å². The van der Waals surface area contributed by atoms with Gasteiger partial charge in [-0.25, -0.2) is 0 Å². The molecule has 3 fully saturated rings. The minimum Gasteiger partial charge on any atom is -0.446 e. The van der Waals surface area contributed by atoms with E-state index < -0.39 is 17.9 Å². The predicted octanol–water partition coefficient (Wildman–Crippen LogP) is 2.05. The maximum atomic E-state index is 6.00. The summed E-state index contributed by atoms with van der Waals surface area (Å²) >= 11 is 6.48. The highest BCUT2D eigenvalue weighted by Gasteiger charge is 2.60. The number of thiocarbonyl (C=S) groups is 1. The van der Waals surface area contributed by atoms with Gasteiger partial charge < -0.3 is 28.4 Å².